The molecule has 0 aliphatic carbocycles. The topological polar surface area (TPSA) is 105 Å². The van der Waals surface area contributed by atoms with Gasteiger partial charge in [0.15, 0.2) is 5.82 Å². The number of nitrogens with one attached hydrogen (secondary N) is 2. The Balaban J connectivity index is 1.75. The van der Waals surface area contributed by atoms with E-state index in [2.05, 4.69) is 25.7 Å². The summed E-state index contributed by atoms with van der Waals surface area (Å²) in [6.45, 7) is 3.90. The lowest BCUT2D eigenvalue weighted by Gasteiger charge is -2.28. The zero-order valence-electron chi connectivity index (χ0n) is 17.0. The number of hydrogen-bond acceptors (Lipinski definition) is 6. The quantitative estimate of drug-likeness (QED) is 0.584. The molecule has 3 heterocycles. The van der Waals surface area contributed by atoms with E-state index in [9.17, 15) is 4.79 Å². The van der Waals surface area contributed by atoms with Crippen LogP contribution in [-0.2, 0) is 11.2 Å². The molecule has 4 rings (SSSR count). The fourth-order valence-electron chi connectivity index (χ4n) is 3.59. The average Bonchev–Trinajstić information content (AvgIpc) is 3.15. The highest BCUT2D eigenvalue weighted by atomic mass is 16.3. The molecule has 2 aromatic heterocycles. The smallest absolute Gasteiger partial charge is 0.255 e. The molecule has 8 heteroatoms. The first-order valence-electron chi connectivity index (χ1n) is 9.89. The highest BCUT2D eigenvalue weighted by Gasteiger charge is 2.34. The van der Waals surface area contributed by atoms with Crippen molar-refractivity contribution in [3.8, 4) is 0 Å². The molecule has 0 fully saturated rings. The lowest BCUT2D eigenvalue weighted by molar-refractivity contribution is -0.113. The van der Waals surface area contributed by atoms with E-state index < -0.39 is 6.04 Å². The molecule has 1 aliphatic heterocycles. The van der Waals surface area contributed by atoms with Gasteiger partial charge >= 0.3 is 0 Å². The Hall–Kier alpha value is -3.52. The summed E-state index contributed by atoms with van der Waals surface area (Å²) < 4.78 is 1.74. The predicted octanol–water partition coefficient (Wildman–Crippen LogP) is 2.83. The van der Waals surface area contributed by atoms with Gasteiger partial charge in [-0.05, 0) is 49.6 Å². The molecule has 3 aromatic rings. The number of aryl methyl sites for hydroxylation is 2. The SMILES string of the molecule is CC1=C(C(=O)Nc2ccccc2C)[C@@H](c2ccncc2)n2nc(CCCO)nc2N1. The Kier molecular flexibility index (Phi) is 5.58. The Bertz CT molecular complexity index is 1090. The van der Waals surface area contributed by atoms with Crippen LogP contribution in [-0.4, -0.2) is 37.4 Å². The van der Waals surface area contributed by atoms with Crippen molar-refractivity contribution >= 4 is 17.5 Å². The van der Waals surface area contributed by atoms with E-state index >= 15 is 0 Å². The van der Waals surface area contributed by atoms with Crippen molar-refractivity contribution in [3.63, 3.8) is 0 Å². The number of aliphatic hydroxyl groups is 1. The molecule has 0 unspecified atom stereocenters. The predicted molar refractivity (Wildman–Crippen MR) is 114 cm³/mol. The van der Waals surface area contributed by atoms with Crippen LogP contribution in [0.4, 0.5) is 11.6 Å². The first-order chi connectivity index (χ1) is 14.6. The number of carbonyl (C=O) groups is 1. The van der Waals surface area contributed by atoms with Gasteiger partial charge in [0.1, 0.15) is 6.04 Å². The number of nitrogens with zero attached hydrogens (tertiary/aromatic N) is 4. The summed E-state index contributed by atoms with van der Waals surface area (Å²) in [6, 6.07) is 11.0. The molecule has 30 heavy (non-hydrogen) atoms. The summed E-state index contributed by atoms with van der Waals surface area (Å²) in [5, 5.41) is 20.0. The Labute approximate surface area is 174 Å². The number of aliphatic hydroxyl groups excluding tert-OH is 1. The first kappa shape index (κ1) is 19.8. The van der Waals surface area contributed by atoms with E-state index in [4.69, 9.17) is 5.11 Å². The number of pyridine rings is 1. The van der Waals surface area contributed by atoms with Gasteiger partial charge in [-0.25, -0.2) is 4.68 Å². The molecule has 0 bridgehead atoms. The summed E-state index contributed by atoms with van der Waals surface area (Å²) in [6.07, 6.45) is 4.54. The van der Waals surface area contributed by atoms with E-state index in [1.54, 1.807) is 17.1 Å². The molecule has 0 saturated carbocycles. The van der Waals surface area contributed by atoms with E-state index in [1.165, 1.54) is 0 Å². The second-order valence-electron chi connectivity index (χ2n) is 7.24. The number of rotatable bonds is 6. The average molecular weight is 404 g/mol. The number of carbonyl (C=O) groups excluding carboxylic acids is 1. The Morgan fingerprint density at radius 3 is 2.70 bits per heavy atom. The van der Waals surface area contributed by atoms with Crippen molar-refractivity contribution in [1.29, 1.82) is 0 Å². The van der Waals surface area contributed by atoms with Crippen molar-refractivity contribution in [2.75, 3.05) is 17.2 Å². The molecule has 3 N–H and O–H groups in total. The number of amides is 1. The maximum Gasteiger partial charge on any atom is 0.255 e. The molecular formula is C22H24N6O2. The number of benzene rings is 1. The second kappa shape index (κ2) is 8.46. The fraction of sp³-hybridized carbons (Fsp3) is 0.273. The van der Waals surface area contributed by atoms with E-state index in [0.29, 0.717) is 30.2 Å². The number of anilines is 2. The van der Waals surface area contributed by atoms with Crippen LogP contribution in [0.3, 0.4) is 0 Å². The van der Waals surface area contributed by atoms with Crippen molar-refractivity contribution in [2.45, 2.75) is 32.7 Å². The third kappa shape index (κ3) is 3.81. The molecule has 1 aromatic carbocycles. The normalized spacial score (nSPS) is 15.5. The second-order valence-corrected chi connectivity index (χ2v) is 7.24. The molecule has 0 radical (unpaired) electrons. The third-order valence-electron chi connectivity index (χ3n) is 5.11. The van der Waals surface area contributed by atoms with Crippen LogP contribution in [0.15, 0.2) is 60.1 Å². The van der Waals surface area contributed by atoms with E-state index in [-0.39, 0.29) is 12.5 Å². The van der Waals surface area contributed by atoms with Crippen LogP contribution >= 0.6 is 0 Å². The zero-order chi connectivity index (χ0) is 21.1. The summed E-state index contributed by atoms with van der Waals surface area (Å²) >= 11 is 0. The molecule has 154 valence electrons. The van der Waals surface area contributed by atoms with Gasteiger partial charge in [-0.1, -0.05) is 18.2 Å². The molecular weight excluding hydrogens is 380 g/mol. The minimum absolute atomic E-state index is 0.0758. The minimum Gasteiger partial charge on any atom is -0.396 e. The van der Waals surface area contributed by atoms with Crippen LogP contribution < -0.4 is 10.6 Å². The zero-order valence-corrected chi connectivity index (χ0v) is 17.0. The van der Waals surface area contributed by atoms with Crippen LogP contribution in [0.2, 0.25) is 0 Å². The number of aromatic nitrogens is 4. The number of fused-ring (bicyclic) bond motifs is 1. The van der Waals surface area contributed by atoms with Gasteiger partial charge in [-0.3, -0.25) is 9.78 Å². The molecule has 0 saturated heterocycles. The lowest BCUT2D eigenvalue weighted by Crippen LogP contribution is -2.31. The van der Waals surface area contributed by atoms with Crippen LogP contribution in [0.5, 0.6) is 0 Å². The first-order valence-corrected chi connectivity index (χ1v) is 9.89. The Morgan fingerprint density at radius 1 is 1.20 bits per heavy atom. The highest BCUT2D eigenvalue weighted by molar-refractivity contribution is 6.06. The standard InChI is InChI=1S/C22H24N6O2/c1-14-6-3-4-7-17(14)25-21(30)19-15(2)24-22-26-18(8-5-13-29)27-28(22)20(19)16-9-11-23-12-10-16/h3-4,6-7,9-12,20,29H,5,8,13H2,1-2H3,(H,25,30)(H,24,26,27)/t20-/m1/s1. The number of hydrogen-bond donors (Lipinski definition) is 3. The van der Waals surface area contributed by atoms with Crippen LogP contribution in [0.1, 0.15) is 36.3 Å². The van der Waals surface area contributed by atoms with Crippen molar-refractivity contribution in [1.82, 2.24) is 19.7 Å². The van der Waals surface area contributed by atoms with Crippen LogP contribution in [0, 0.1) is 6.92 Å². The van der Waals surface area contributed by atoms with Gasteiger partial charge < -0.3 is 15.7 Å². The molecule has 0 spiro atoms. The summed E-state index contributed by atoms with van der Waals surface area (Å²) in [5.74, 6) is 1.00. The maximum absolute atomic E-state index is 13.4. The molecule has 8 nitrogen and oxygen atoms in total. The fourth-order valence-corrected chi connectivity index (χ4v) is 3.59. The van der Waals surface area contributed by atoms with Gasteiger partial charge in [0, 0.05) is 36.8 Å². The molecule has 1 aliphatic rings. The highest BCUT2D eigenvalue weighted by Crippen LogP contribution is 2.35. The van der Waals surface area contributed by atoms with Gasteiger partial charge in [-0.15, -0.1) is 0 Å². The minimum atomic E-state index is -0.441. The van der Waals surface area contributed by atoms with Crippen molar-refractivity contribution in [3.05, 3.63) is 77.0 Å². The Morgan fingerprint density at radius 2 is 1.97 bits per heavy atom. The monoisotopic (exact) mass is 404 g/mol. The van der Waals surface area contributed by atoms with Gasteiger partial charge in [0.25, 0.3) is 5.91 Å². The summed E-state index contributed by atoms with van der Waals surface area (Å²) in [7, 11) is 0. The summed E-state index contributed by atoms with van der Waals surface area (Å²) in [4.78, 5) is 22.0. The number of allylic oxidation sites excluding steroid dienone is 1. The van der Waals surface area contributed by atoms with Gasteiger partial charge in [0.05, 0.1) is 5.57 Å². The van der Waals surface area contributed by atoms with Gasteiger partial charge in [0.2, 0.25) is 5.95 Å². The number of para-hydroxylation sites is 1. The van der Waals surface area contributed by atoms with Gasteiger partial charge in [-0.2, -0.15) is 10.1 Å². The molecule has 1 atom stereocenters. The molecule has 1 amide bonds. The van der Waals surface area contributed by atoms with Crippen LogP contribution in [0.25, 0.3) is 0 Å². The van der Waals surface area contributed by atoms with Crippen molar-refractivity contribution in [2.24, 2.45) is 0 Å². The summed E-state index contributed by atoms with van der Waals surface area (Å²) in [5.41, 5.74) is 3.93. The van der Waals surface area contributed by atoms with E-state index in [1.807, 2.05) is 50.2 Å². The van der Waals surface area contributed by atoms with Crippen molar-refractivity contribution < 1.29 is 9.90 Å². The van der Waals surface area contributed by atoms with E-state index in [0.717, 1.165) is 22.5 Å². The largest absolute Gasteiger partial charge is 0.396 e. The third-order valence-corrected chi connectivity index (χ3v) is 5.11. The lowest BCUT2D eigenvalue weighted by atomic mass is 9.95. The maximum atomic E-state index is 13.4.